The normalized spacial score (nSPS) is 10.5. The van der Waals surface area contributed by atoms with E-state index in [9.17, 15) is 4.79 Å². The predicted molar refractivity (Wildman–Crippen MR) is 64.2 cm³/mol. The number of carboxylic acids is 1. The van der Waals surface area contributed by atoms with Crippen LogP contribution in [0.1, 0.15) is 24.2 Å². The van der Waals surface area contributed by atoms with E-state index >= 15 is 0 Å². The van der Waals surface area contributed by atoms with Crippen LogP contribution in [0.3, 0.4) is 0 Å². The molecule has 1 aromatic carbocycles. The molecule has 1 aromatic rings. The molecule has 0 unspecified atom stereocenters. The number of nitrogens with zero attached hydrogens (tertiary/aromatic N) is 1. The minimum atomic E-state index is -0.995. The third kappa shape index (κ3) is 2.87. The maximum absolute atomic E-state index is 10.7. The molecule has 5 nitrogen and oxygen atoms in total. The van der Waals surface area contributed by atoms with Gasteiger partial charge >= 0.3 is 5.97 Å². The molecule has 0 aromatic heterocycles. The second-order valence-electron chi connectivity index (χ2n) is 4.12. The number of carbonyl (C=O) groups is 1. The Kier molecular flexibility index (Phi) is 3.73. The molecule has 0 heterocycles. The molecule has 0 radical (unpaired) electrons. The molecule has 0 saturated heterocycles. The van der Waals surface area contributed by atoms with Gasteiger partial charge in [0, 0.05) is 6.54 Å². The van der Waals surface area contributed by atoms with Gasteiger partial charge in [-0.2, -0.15) is 0 Å². The highest BCUT2D eigenvalue weighted by Gasteiger charge is 2.10. The summed E-state index contributed by atoms with van der Waals surface area (Å²) >= 11 is 0. The number of hydrazine groups is 1. The van der Waals surface area contributed by atoms with E-state index in [1.165, 1.54) is 17.1 Å². The number of carboxylic acid groups (broad SMARTS) is 1. The minimum Gasteiger partial charge on any atom is -0.478 e. The quantitative estimate of drug-likeness (QED) is 0.406. The van der Waals surface area contributed by atoms with Crippen molar-refractivity contribution in [2.45, 2.75) is 13.8 Å². The van der Waals surface area contributed by atoms with Crippen molar-refractivity contribution in [3.63, 3.8) is 0 Å². The Balaban J connectivity index is 2.94. The third-order valence-corrected chi connectivity index (χ3v) is 2.15. The molecule has 0 aliphatic carbocycles. The van der Waals surface area contributed by atoms with Gasteiger partial charge in [0.2, 0.25) is 0 Å². The first-order chi connectivity index (χ1) is 7.41. The van der Waals surface area contributed by atoms with Crippen molar-refractivity contribution in [1.29, 1.82) is 0 Å². The SMILES string of the molecule is CC(C)CN(N)c1ccc(C(=O)O)cc1N. The summed E-state index contributed by atoms with van der Waals surface area (Å²) < 4.78 is 0. The van der Waals surface area contributed by atoms with E-state index in [1.807, 2.05) is 13.8 Å². The van der Waals surface area contributed by atoms with Gasteiger partial charge < -0.3 is 15.8 Å². The van der Waals surface area contributed by atoms with Crippen LogP contribution < -0.4 is 16.6 Å². The molecule has 5 N–H and O–H groups in total. The highest BCUT2D eigenvalue weighted by Crippen LogP contribution is 2.23. The van der Waals surface area contributed by atoms with Gasteiger partial charge in [-0.1, -0.05) is 13.8 Å². The predicted octanol–water partition coefficient (Wildman–Crippen LogP) is 1.30. The lowest BCUT2D eigenvalue weighted by Crippen LogP contribution is -2.34. The summed E-state index contributed by atoms with van der Waals surface area (Å²) in [4.78, 5) is 10.7. The van der Waals surface area contributed by atoms with E-state index < -0.39 is 5.97 Å². The monoisotopic (exact) mass is 223 g/mol. The lowest BCUT2D eigenvalue weighted by molar-refractivity contribution is 0.0697. The van der Waals surface area contributed by atoms with Gasteiger partial charge in [-0.15, -0.1) is 0 Å². The van der Waals surface area contributed by atoms with E-state index in [0.29, 0.717) is 23.8 Å². The molecule has 1 rings (SSSR count). The van der Waals surface area contributed by atoms with Crippen LogP contribution >= 0.6 is 0 Å². The Morgan fingerprint density at radius 1 is 1.50 bits per heavy atom. The Morgan fingerprint density at radius 3 is 2.56 bits per heavy atom. The van der Waals surface area contributed by atoms with Crippen molar-refractivity contribution in [2.24, 2.45) is 11.8 Å². The summed E-state index contributed by atoms with van der Waals surface area (Å²) in [5.74, 6) is 5.24. The number of anilines is 2. The molecule has 0 aliphatic rings. The van der Waals surface area contributed by atoms with Gasteiger partial charge in [0.15, 0.2) is 0 Å². The number of aromatic carboxylic acids is 1. The molecule has 0 spiro atoms. The Hall–Kier alpha value is -1.75. The first-order valence-electron chi connectivity index (χ1n) is 5.07. The highest BCUT2D eigenvalue weighted by molar-refractivity contribution is 5.90. The molecule has 0 atom stereocenters. The van der Waals surface area contributed by atoms with Crippen LogP contribution in [-0.4, -0.2) is 17.6 Å². The summed E-state index contributed by atoms with van der Waals surface area (Å²) in [7, 11) is 0. The summed E-state index contributed by atoms with van der Waals surface area (Å²) in [6.07, 6.45) is 0. The second kappa shape index (κ2) is 4.85. The van der Waals surface area contributed by atoms with Crippen LogP contribution in [0.5, 0.6) is 0 Å². The van der Waals surface area contributed by atoms with Crippen molar-refractivity contribution in [1.82, 2.24) is 0 Å². The van der Waals surface area contributed by atoms with Crippen LogP contribution in [-0.2, 0) is 0 Å². The Morgan fingerprint density at radius 2 is 2.12 bits per heavy atom. The molecule has 0 aliphatic heterocycles. The third-order valence-electron chi connectivity index (χ3n) is 2.15. The van der Waals surface area contributed by atoms with Crippen LogP contribution in [0.4, 0.5) is 11.4 Å². The van der Waals surface area contributed by atoms with Crippen LogP contribution in [0, 0.1) is 5.92 Å². The second-order valence-corrected chi connectivity index (χ2v) is 4.12. The zero-order valence-electron chi connectivity index (χ0n) is 9.47. The van der Waals surface area contributed by atoms with Crippen molar-refractivity contribution in [3.8, 4) is 0 Å². The largest absolute Gasteiger partial charge is 0.478 e. The summed E-state index contributed by atoms with van der Waals surface area (Å²) in [5.41, 5.74) is 6.95. The number of hydrogen-bond acceptors (Lipinski definition) is 4. The number of benzene rings is 1. The zero-order valence-corrected chi connectivity index (χ0v) is 9.47. The van der Waals surface area contributed by atoms with Gasteiger partial charge in [0.25, 0.3) is 0 Å². The number of hydrogen-bond donors (Lipinski definition) is 3. The summed E-state index contributed by atoms with van der Waals surface area (Å²) in [6, 6.07) is 4.53. The first-order valence-corrected chi connectivity index (χ1v) is 5.07. The number of nitrogens with two attached hydrogens (primary N) is 2. The number of rotatable bonds is 4. The average molecular weight is 223 g/mol. The maximum Gasteiger partial charge on any atom is 0.335 e. The van der Waals surface area contributed by atoms with Crippen molar-refractivity contribution in [3.05, 3.63) is 23.8 Å². The molecule has 0 amide bonds. The topological polar surface area (TPSA) is 92.6 Å². The van der Waals surface area contributed by atoms with E-state index in [-0.39, 0.29) is 5.56 Å². The molecular formula is C11H17N3O2. The molecule has 16 heavy (non-hydrogen) atoms. The van der Waals surface area contributed by atoms with Gasteiger partial charge in [-0.3, -0.25) is 0 Å². The van der Waals surface area contributed by atoms with Crippen molar-refractivity contribution in [2.75, 3.05) is 17.3 Å². The molecule has 0 saturated carbocycles. The van der Waals surface area contributed by atoms with E-state index in [2.05, 4.69) is 0 Å². The van der Waals surface area contributed by atoms with Gasteiger partial charge in [0.05, 0.1) is 16.9 Å². The first kappa shape index (κ1) is 12.3. The highest BCUT2D eigenvalue weighted by atomic mass is 16.4. The van der Waals surface area contributed by atoms with Crippen molar-refractivity contribution >= 4 is 17.3 Å². The summed E-state index contributed by atoms with van der Waals surface area (Å²) in [6.45, 7) is 4.75. The van der Waals surface area contributed by atoms with E-state index in [0.717, 1.165) is 0 Å². The molecular weight excluding hydrogens is 206 g/mol. The van der Waals surface area contributed by atoms with E-state index in [1.54, 1.807) is 6.07 Å². The fraction of sp³-hybridized carbons (Fsp3) is 0.364. The standard InChI is InChI=1S/C11H17N3O2/c1-7(2)6-14(13)10-4-3-8(11(15)16)5-9(10)12/h3-5,7H,6,12-13H2,1-2H3,(H,15,16). The fourth-order valence-corrected chi connectivity index (χ4v) is 1.44. The lowest BCUT2D eigenvalue weighted by Gasteiger charge is -2.22. The maximum atomic E-state index is 10.7. The Labute approximate surface area is 94.6 Å². The zero-order chi connectivity index (χ0) is 12.3. The van der Waals surface area contributed by atoms with Gasteiger partial charge in [-0.25, -0.2) is 10.6 Å². The lowest BCUT2D eigenvalue weighted by atomic mass is 10.1. The molecule has 88 valence electrons. The molecule has 5 heteroatoms. The summed E-state index contributed by atoms with van der Waals surface area (Å²) in [5, 5.41) is 10.3. The molecule has 0 bridgehead atoms. The van der Waals surface area contributed by atoms with Gasteiger partial charge in [0.1, 0.15) is 0 Å². The minimum absolute atomic E-state index is 0.166. The average Bonchev–Trinajstić information content (AvgIpc) is 2.15. The molecule has 0 fully saturated rings. The smallest absolute Gasteiger partial charge is 0.335 e. The van der Waals surface area contributed by atoms with Crippen molar-refractivity contribution < 1.29 is 9.90 Å². The Bertz CT molecular complexity index is 391. The number of nitrogen functional groups attached to an aromatic ring is 1. The fourth-order valence-electron chi connectivity index (χ4n) is 1.44. The van der Waals surface area contributed by atoms with Crippen LogP contribution in [0.15, 0.2) is 18.2 Å². The van der Waals surface area contributed by atoms with Gasteiger partial charge in [-0.05, 0) is 24.1 Å². The van der Waals surface area contributed by atoms with E-state index in [4.69, 9.17) is 16.7 Å². The van der Waals surface area contributed by atoms with Crippen LogP contribution in [0.25, 0.3) is 0 Å². The van der Waals surface area contributed by atoms with Crippen LogP contribution in [0.2, 0.25) is 0 Å².